The summed E-state index contributed by atoms with van der Waals surface area (Å²) in [6, 6.07) is 8.64. The fourth-order valence-electron chi connectivity index (χ4n) is 4.12. The Labute approximate surface area is 171 Å². The van der Waals surface area contributed by atoms with Crippen molar-refractivity contribution in [2.75, 3.05) is 13.2 Å². The van der Waals surface area contributed by atoms with Crippen molar-refractivity contribution in [1.29, 1.82) is 0 Å². The third kappa shape index (κ3) is 4.23. The van der Waals surface area contributed by atoms with Crippen molar-refractivity contribution in [3.8, 4) is 11.3 Å². The van der Waals surface area contributed by atoms with Gasteiger partial charge in [0.05, 0.1) is 18.5 Å². The highest BCUT2D eigenvalue weighted by Gasteiger charge is 2.24. The van der Waals surface area contributed by atoms with Crippen LogP contribution in [0.2, 0.25) is 0 Å². The van der Waals surface area contributed by atoms with Gasteiger partial charge in [-0.05, 0) is 43.0 Å². The van der Waals surface area contributed by atoms with E-state index in [2.05, 4.69) is 33.1 Å². The van der Waals surface area contributed by atoms with E-state index < -0.39 is 5.41 Å². The number of likely N-dealkylation sites (tertiary alicyclic amines) is 1. The Hall–Kier alpha value is -2.57. The van der Waals surface area contributed by atoms with Gasteiger partial charge in [0, 0.05) is 29.8 Å². The molecule has 1 aliphatic heterocycles. The van der Waals surface area contributed by atoms with Gasteiger partial charge >= 0.3 is 0 Å². The number of aliphatic hydroxyl groups excluding tert-OH is 1. The molecule has 0 aliphatic carbocycles. The first-order valence-electron chi connectivity index (χ1n) is 10.2. The molecule has 4 rings (SSSR count). The number of nitrogens with one attached hydrogen (secondary N) is 1. The summed E-state index contributed by atoms with van der Waals surface area (Å²) in [5.74, 6) is 0. The summed E-state index contributed by atoms with van der Waals surface area (Å²) in [4.78, 5) is 26.3. The molecule has 2 aromatic heterocycles. The van der Waals surface area contributed by atoms with Crippen molar-refractivity contribution in [2.45, 2.75) is 45.7 Å². The van der Waals surface area contributed by atoms with Gasteiger partial charge in [0.1, 0.15) is 11.8 Å². The third-order valence-corrected chi connectivity index (χ3v) is 5.74. The zero-order valence-corrected chi connectivity index (χ0v) is 17.1. The quantitative estimate of drug-likeness (QED) is 0.603. The molecule has 0 saturated carbocycles. The van der Waals surface area contributed by atoms with E-state index in [0.29, 0.717) is 6.42 Å². The minimum atomic E-state index is -0.439. The molecular weight excluding hydrogens is 364 g/mol. The lowest BCUT2D eigenvalue weighted by Gasteiger charge is -2.22. The fraction of sp³-hybridized carbons (Fsp3) is 0.435. The van der Waals surface area contributed by atoms with E-state index in [0.717, 1.165) is 60.2 Å². The molecule has 1 saturated heterocycles. The van der Waals surface area contributed by atoms with Gasteiger partial charge in [-0.2, -0.15) is 0 Å². The molecule has 1 fully saturated rings. The maximum absolute atomic E-state index is 11.3. The summed E-state index contributed by atoms with van der Waals surface area (Å²) in [6.45, 7) is 5.93. The van der Waals surface area contributed by atoms with E-state index in [4.69, 9.17) is 4.98 Å². The van der Waals surface area contributed by atoms with Crippen molar-refractivity contribution < 1.29 is 9.90 Å². The number of carbonyl (C=O) groups is 1. The van der Waals surface area contributed by atoms with Crippen LogP contribution < -0.4 is 0 Å². The minimum absolute atomic E-state index is 0.217. The molecule has 0 spiro atoms. The van der Waals surface area contributed by atoms with E-state index >= 15 is 0 Å². The summed E-state index contributed by atoms with van der Waals surface area (Å²) in [6.07, 6.45) is 7.50. The Morgan fingerprint density at radius 3 is 3.03 bits per heavy atom. The average molecular weight is 393 g/mol. The topological polar surface area (TPSA) is 82.1 Å². The molecule has 6 heteroatoms. The van der Waals surface area contributed by atoms with Crippen LogP contribution in [0.15, 0.2) is 36.7 Å². The van der Waals surface area contributed by atoms with Crippen LogP contribution in [0.5, 0.6) is 0 Å². The van der Waals surface area contributed by atoms with Crippen LogP contribution in [0.4, 0.5) is 0 Å². The number of hydrogen-bond donors (Lipinski definition) is 2. The van der Waals surface area contributed by atoms with Gasteiger partial charge in [-0.25, -0.2) is 9.97 Å². The molecule has 3 heterocycles. The number of benzene rings is 1. The van der Waals surface area contributed by atoms with Crippen LogP contribution in [-0.2, 0) is 17.8 Å². The van der Waals surface area contributed by atoms with Gasteiger partial charge < -0.3 is 14.9 Å². The second-order valence-electron chi connectivity index (χ2n) is 8.70. The number of aldehydes is 1. The molecule has 0 unspecified atom stereocenters. The molecule has 3 aromatic rings. The first kappa shape index (κ1) is 19.7. The second-order valence-corrected chi connectivity index (χ2v) is 8.70. The number of rotatable bonds is 7. The summed E-state index contributed by atoms with van der Waals surface area (Å²) < 4.78 is 0. The first-order chi connectivity index (χ1) is 14.0. The predicted molar refractivity (Wildman–Crippen MR) is 113 cm³/mol. The van der Waals surface area contributed by atoms with Crippen molar-refractivity contribution in [1.82, 2.24) is 19.9 Å². The number of nitrogens with zero attached hydrogens (tertiary/aromatic N) is 3. The largest absolute Gasteiger partial charge is 0.395 e. The normalized spacial score (nSPS) is 17.8. The lowest BCUT2D eigenvalue weighted by Crippen LogP contribution is -2.31. The molecular formula is C23H28N4O2. The van der Waals surface area contributed by atoms with Gasteiger partial charge in [0.15, 0.2) is 5.65 Å². The summed E-state index contributed by atoms with van der Waals surface area (Å²) in [5.41, 5.74) is 5.19. The van der Waals surface area contributed by atoms with E-state index in [-0.39, 0.29) is 12.6 Å². The van der Waals surface area contributed by atoms with Crippen LogP contribution in [0.3, 0.4) is 0 Å². The minimum Gasteiger partial charge on any atom is -0.395 e. The van der Waals surface area contributed by atoms with Gasteiger partial charge in [-0.1, -0.05) is 32.0 Å². The van der Waals surface area contributed by atoms with Crippen molar-refractivity contribution in [2.24, 2.45) is 5.41 Å². The predicted octanol–water partition coefficient (Wildman–Crippen LogP) is 3.35. The lowest BCUT2D eigenvalue weighted by atomic mass is 9.88. The van der Waals surface area contributed by atoms with Crippen LogP contribution in [0, 0.1) is 5.41 Å². The van der Waals surface area contributed by atoms with Crippen molar-refractivity contribution in [3.63, 3.8) is 0 Å². The zero-order chi connectivity index (χ0) is 20.4. The highest BCUT2D eigenvalue weighted by Crippen LogP contribution is 2.27. The number of H-pyrrole nitrogens is 1. The molecule has 1 atom stereocenters. The monoisotopic (exact) mass is 392 g/mol. The van der Waals surface area contributed by atoms with Gasteiger partial charge in [-0.15, -0.1) is 0 Å². The molecule has 0 radical (unpaired) electrons. The molecule has 1 aromatic carbocycles. The standard InChI is InChI=1S/C23H28N4O2/c1-23(2,15-29)10-18-11-24-22-21(18)26-20(12-25-22)17-6-3-5-16(9-17)13-27-8-4-7-19(27)14-28/h3,5-6,9,11-12,15,19,28H,4,7-8,10,13-14H2,1-2H3,(H,24,25)/t19-/m0/s1. The number of aliphatic hydroxyl groups is 1. The Balaban J connectivity index is 1.62. The molecule has 0 bridgehead atoms. The van der Waals surface area contributed by atoms with Gasteiger partial charge in [-0.3, -0.25) is 4.90 Å². The lowest BCUT2D eigenvalue weighted by molar-refractivity contribution is -0.114. The zero-order valence-electron chi connectivity index (χ0n) is 17.1. The summed E-state index contributed by atoms with van der Waals surface area (Å²) in [5, 5.41) is 9.57. The van der Waals surface area contributed by atoms with Crippen molar-refractivity contribution in [3.05, 3.63) is 47.8 Å². The van der Waals surface area contributed by atoms with Crippen LogP contribution in [-0.4, -0.2) is 50.4 Å². The third-order valence-electron chi connectivity index (χ3n) is 5.74. The van der Waals surface area contributed by atoms with Crippen molar-refractivity contribution >= 4 is 17.5 Å². The Kier molecular flexibility index (Phi) is 5.48. The Bertz CT molecular complexity index is 1010. The van der Waals surface area contributed by atoms with E-state index in [9.17, 15) is 9.90 Å². The van der Waals surface area contributed by atoms with Gasteiger partial charge in [0.25, 0.3) is 0 Å². The van der Waals surface area contributed by atoms with E-state index in [1.807, 2.05) is 26.1 Å². The number of aromatic amines is 1. The van der Waals surface area contributed by atoms with E-state index in [1.54, 1.807) is 6.20 Å². The number of fused-ring (bicyclic) bond motifs is 1. The van der Waals surface area contributed by atoms with Crippen LogP contribution in [0.25, 0.3) is 22.4 Å². The molecule has 152 valence electrons. The SMILES string of the molecule is CC(C)(C=O)Cc1c[nH]c2ncc(-c3cccc(CN4CCC[C@H]4CO)c3)nc12. The van der Waals surface area contributed by atoms with Crippen LogP contribution >= 0.6 is 0 Å². The molecule has 1 aliphatic rings. The second kappa shape index (κ2) is 8.05. The van der Waals surface area contributed by atoms with E-state index in [1.165, 1.54) is 5.56 Å². The molecule has 2 N–H and O–H groups in total. The number of hydrogen-bond acceptors (Lipinski definition) is 5. The molecule has 29 heavy (non-hydrogen) atoms. The summed E-state index contributed by atoms with van der Waals surface area (Å²) in [7, 11) is 0. The van der Waals surface area contributed by atoms with Crippen LogP contribution in [0.1, 0.15) is 37.8 Å². The smallest absolute Gasteiger partial charge is 0.156 e. The highest BCUT2D eigenvalue weighted by molar-refractivity contribution is 5.78. The fourth-order valence-corrected chi connectivity index (χ4v) is 4.12. The average Bonchev–Trinajstić information content (AvgIpc) is 3.34. The Morgan fingerprint density at radius 2 is 2.24 bits per heavy atom. The molecule has 0 amide bonds. The number of aromatic nitrogens is 3. The molecule has 6 nitrogen and oxygen atoms in total. The Morgan fingerprint density at radius 1 is 1.38 bits per heavy atom. The van der Waals surface area contributed by atoms with Gasteiger partial charge in [0.2, 0.25) is 0 Å². The number of carbonyl (C=O) groups excluding carboxylic acids is 1. The maximum Gasteiger partial charge on any atom is 0.156 e. The highest BCUT2D eigenvalue weighted by atomic mass is 16.3. The maximum atomic E-state index is 11.3. The first-order valence-corrected chi connectivity index (χ1v) is 10.2. The summed E-state index contributed by atoms with van der Waals surface area (Å²) >= 11 is 0.